The molecule has 2 rings (SSSR count). The van der Waals surface area contributed by atoms with Crippen LogP contribution < -0.4 is 4.74 Å². The van der Waals surface area contributed by atoms with Gasteiger partial charge in [-0.25, -0.2) is 0 Å². The van der Waals surface area contributed by atoms with Gasteiger partial charge in [0.2, 0.25) is 0 Å². The van der Waals surface area contributed by atoms with Gasteiger partial charge in [0.25, 0.3) is 0 Å². The second-order valence-electron chi connectivity index (χ2n) is 3.45. The van der Waals surface area contributed by atoms with Crippen LogP contribution in [0.15, 0.2) is 28.9 Å². The molecule has 17 heavy (non-hydrogen) atoms. The van der Waals surface area contributed by atoms with E-state index in [9.17, 15) is 4.79 Å². The first kappa shape index (κ1) is 12.0. The van der Waals surface area contributed by atoms with Crippen molar-refractivity contribution in [2.75, 3.05) is 14.2 Å². The topological polar surface area (TPSA) is 48.7 Å². The number of alkyl halides is 1. The maximum atomic E-state index is 11.5. The molecule has 1 aromatic carbocycles. The van der Waals surface area contributed by atoms with Crippen molar-refractivity contribution in [3.8, 4) is 5.75 Å². The zero-order chi connectivity index (χ0) is 12.4. The summed E-state index contributed by atoms with van der Waals surface area (Å²) in [6.07, 6.45) is 1.58. The van der Waals surface area contributed by atoms with Crippen LogP contribution in [0.4, 0.5) is 0 Å². The minimum Gasteiger partial charge on any atom is -0.493 e. The van der Waals surface area contributed by atoms with Gasteiger partial charge < -0.3 is 13.9 Å². The predicted octanol–water partition coefficient (Wildman–Crippen LogP) is 3.05. The van der Waals surface area contributed by atoms with Crippen LogP contribution in [-0.4, -0.2) is 20.2 Å². The highest BCUT2D eigenvalue weighted by Crippen LogP contribution is 2.34. The molecule has 0 fully saturated rings. The minimum atomic E-state index is -0.513. The Morgan fingerprint density at radius 3 is 2.82 bits per heavy atom. The highest BCUT2D eigenvalue weighted by atomic mass is 79.9. The van der Waals surface area contributed by atoms with Gasteiger partial charge in [0.1, 0.15) is 4.83 Å². The summed E-state index contributed by atoms with van der Waals surface area (Å²) >= 11 is 3.29. The Morgan fingerprint density at radius 1 is 1.41 bits per heavy atom. The van der Waals surface area contributed by atoms with Crippen LogP contribution in [0, 0.1) is 0 Å². The number of ether oxygens (including phenoxy) is 2. The van der Waals surface area contributed by atoms with Crippen LogP contribution >= 0.6 is 15.9 Å². The first-order valence-electron chi connectivity index (χ1n) is 4.94. The Hall–Kier alpha value is -1.49. The summed E-state index contributed by atoms with van der Waals surface area (Å²) < 4.78 is 15.2. The second-order valence-corrected chi connectivity index (χ2v) is 4.36. The Balaban J connectivity index is 2.51. The molecule has 0 radical (unpaired) electrons. The third kappa shape index (κ3) is 2.15. The maximum Gasteiger partial charge on any atom is 0.324 e. The molecule has 2 aromatic rings. The molecule has 5 heteroatoms. The summed E-state index contributed by atoms with van der Waals surface area (Å²) in [5, 5.41) is 0.882. The Bertz CT molecular complexity index is 546. The summed E-state index contributed by atoms with van der Waals surface area (Å²) in [5.41, 5.74) is 1.43. The lowest BCUT2D eigenvalue weighted by atomic mass is 10.1. The molecule has 0 saturated heterocycles. The van der Waals surface area contributed by atoms with Gasteiger partial charge >= 0.3 is 5.97 Å². The van der Waals surface area contributed by atoms with E-state index in [0.717, 1.165) is 10.9 Å². The second kappa shape index (κ2) is 4.79. The number of carbonyl (C=O) groups excluding carboxylic acids is 1. The van der Waals surface area contributed by atoms with Gasteiger partial charge in [0.05, 0.1) is 20.5 Å². The van der Waals surface area contributed by atoms with Gasteiger partial charge in [-0.2, -0.15) is 0 Å². The fourth-order valence-electron chi connectivity index (χ4n) is 1.61. The van der Waals surface area contributed by atoms with Crippen LogP contribution in [0.25, 0.3) is 11.0 Å². The number of rotatable bonds is 3. The van der Waals surface area contributed by atoms with Crippen LogP contribution in [0.1, 0.15) is 10.4 Å². The zero-order valence-corrected chi connectivity index (χ0v) is 11.0. The number of hydrogen-bond donors (Lipinski definition) is 0. The number of halogens is 1. The third-order valence-electron chi connectivity index (χ3n) is 2.46. The van der Waals surface area contributed by atoms with E-state index in [1.165, 1.54) is 7.11 Å². The quantitative estimate of drug-likeness (QED) is 0.645. The molecule has 0 N–H and O–H groups in total. The van der Waals surface area contributed by atoms with E-state index in [2.05, 4.69) is 20.7 Å². The van der Waals surface area contributed by atoms with Crippen molar-refractivity contribution >= 4 is 32.9 Å². The molecule has 1 atom stereocenters. The highest BCUT2D eigenvalue weighted by molar-refractivity contribution is 9.09. The fourth-order valence-corrected chi connectivity index (χ4v) is 2.06. The SMILES string of the molecule is COC(=O)C(Br)c1cc(OC)c2occc2c1. The van der Waals surface area contributed by atoms with Crippen molar-refractivity contribution in [2.45, 2.75) is 4.83 Å². The number of fused-ring (bicyclic) bond motifs is 1. The van der Waals surface area contributed by atoms with E-state index < -0.39 is 4.83 Å². The van der Waals surface area contributed by atoms with Crippen molar-refractivity contribution in [1.29, 1.82) is 0 Å². The monoisotopic (exact) mass is 298 g/mol. The molecular formula is C12H11BrO4. The number of hydrogen-bond acceptors (Lipinski definition) is 4. The summed E-state index contributed by atoms with van der Waals surface area (Å²) in [7, 11) is 2.91. The van der Waals surface area contributed by atoms with Crippen LogP contribution in [0.2, 0.25) is 0 Å². The largest absolute Gasteiger partial charge is 0.493 e. The fraction of sp³-hybridized carbons (Fsp3) is 0.250. The lowest BCUT2D eigenvalue weighted by Gasteiger charge is -2.10. The molecule has 0 saturated carbocycles. The van der Waals surface area contributed by atoms with Gasteiger partial charge in [-0.15, -0.1) is 0 Å². The Kier molecular flexibility index (Phi) is 3.38. The maximum absolute atomic E-state index is 11.5. The molecule has 0 amide bonds. The molecule has 0 bridgehead atoms. The number of furan rings is 1. The van der Waals surface area contributed by atoms with E-state index in [0.29, 0.717) is 11.3 Å². The molecule has 1 aromatic heterocycles. The Morgan fingerprint density at radius 2 is 2.18 bits per heavy atom. The normalized spacial score (nSPS) is 12.4. The average molecular weight is 299 g/mol. The first-order valence-corrected chi connectivity index (χ1v) is 5.86. The third-order valence-corrected chi connectivity index (χ3v) is 3.36. The predicted molar refractivity (Wildman–Crippen MR) is 66.5 cm³/mol. The molecule has 4 nitrogen and oxygen atoms in total. The molecule has 90 valence electrons. The summed E-state index contributed by atoms with van der Waals surface area (Å²) in [6, 6.07) is 5.43. The van der Waals surface area contributed by atoms with Crippen LogP contribution in [0.3, 0.4) is 0 Å². The van der Waals surface area contributed by atoms with Gasteiger partial charge in [-0.05, 0) is 23.8 Å². The van der Waals surface area contributed by atoms with Crippen molar-refractivity contribution in [3.63, 3.8) is 0 Å². The van der Waals surface area contributed by atoms with E-state index in [4.69, 9.17) is 9.15 Å². The highest BCUT2D eigenvalue weighted by Gasteiger charge is 2.20. The van der Waals surface area contributed by atoms with Crippen LogP contribution in [-0.2, 0) is 9.53 Å². The summed E-state index contributed by atoms with van der Waals surface area (Å²) in [6.45, 7) is 0. The van der Waals surface area contributed by atoms with Crippen molar-refractivity contribution in [2.24, 2.45) is 0 Å². The molecule has 1 unspecified atom stereocenters. The first-order chi connectivity index (χ1) is 8.17. The molecule has 0 spiro atoms. The van der Waals surface area contributed by atoms with Gasteiger partial charge in [0.15, 0.2) is 11.3 Å². The molecule has 1 heterocycles. The van der Waals surface area contributed by atoms with Crippen molar-refractivity contribution in [1.82, 2.24) is 0 Å². The molecule has 0 aliphatic rings. The summed E-state index contributed by atoms with van der Waals surface area (Å²) in [5.74, 6) is 0.241. The number of methoxy groups -OCH3 is 2. The molecule has 0 aliphatic carbocycles. The van der Waals surface area contributed by atoms with Gasteiger partial charge in [0, 0.05) is 5.39 Å². The van der Waals surface area contributed by atoms with Crippen LogP contribution in [0.5, 0.6) is 5.75 Å². The molecule has 0 aliphatic heterocycles. The zero-order valence-electron chi connectivity index (χ0n) is 9.40. The lowest BCUT2D eigenvalue weighted by Crippen LogP contribution is -2.08. The number of carbonyl (C=O) groups is 1. The van der Waals surface area contributed by atoms with E-state index in [1.54, 1.807) is 19.4 Å². The standard InChI is InChI=1S/C12H11BrO4/c1-15-9-6-8(10(13)12(14)16-2)5-7-3-4-17-11(7)9/h3-6,10H,1-2H3. The number of esters is 1. The number of benzene rings is 1. The Labute approximate surface area is 107 Å². The minimum absolute atomic E-state index is 0.352. The van der Waals surface area contributed by atoms with Gasteiger partial charge in [-0.1, -0.05) is 15.9 Å². The summed E-state index contributed by atoms with van der Waals surface area (Å²) in [4.78, 5) is 10.9. The van der Waals surface area contributed by atoms with Crippen molar-refractivity contribution in [3.05, 3.63) is 30.0 Å². The van der Waals surface area contributed by atoms with E-state index in [-0.39, 0.29) is 5.97 Å². The molecular weight excluding hydrogens is 288 g/mol. The lowest BCUT2D eigenvalue weighted by molar-refractivity contribution is -0.139. The smallest absolute Gasteiger partial charge is 0.324 e. The van der Waals surface area contributed by atoms with E-state index in [1.807, 2.05) is 12.1 Å². The van der Waals surface area contributed by atoms with Gasteiger partial charge in [-0.3, -0.25) is 4.79 Å². The van der Waals surface area contributed by atoms with E-state index >= 15 is 0 Å². The average Bonchev–Trinajstić information content (AvgIpc) is 2.83. The van der Waals surface area contributed by atoms with Crippen molar-refractivity contribution < 1.29 is 18.7 Å².